The monoisotopic (exact) mass is 455 g/mol. The molecule has 2 aromatic rings. The van der Waals surface area contributed by atoms with Gasteiger partial charge in [0, 0.05) is 51.8 Å². The lowest BCUT2D eigenvalue weighted by Gasteiger charge is -2.36. The Morgan fingerprint density at radius 3 is 2.71 bits per heavy atom. The summed E-state index contributed by atoms with van der Waals surface area (Å²) in [6.07, 6.45) is 7.81. The molecule has 7 heteroatoms. The Morgan fingerprint density at radius 1 is 1.21 bits per heavy atom. The van der Waals surface area contributed by atoms with E-state index in [-0.39, 0.29) is 11.6 Å². The standard InChI is InChI=1S/C27H29N5O2/c1-2-20-13-23-21(14-26(20)33)11-19(16-29-23)17-31-7-9-32(10-8-31)25-6-5-22(30-24(25)15-28)27(34)12-18-3-4-18/h5-6,11,13,16,18H,2-4,7-10,12,14,17H2,1H3. The number of fused-ring (bicyclic) bond motifs is 1. The maximum Gasteiger partial charge on any atom is 0.181 e. The summed E-state index contributed by atoms with van der Waals surface area (Å²) in [7, 11) is 0. The molecule has 0 atom stereocenters. The van der Waals surface area contributed by atoms with Gasteiger partial charge in [-0.1, -0.05) is 13.0 Å². The van der Waals surface area contributed by atoms with Gasteiger partial charge in [0.1, 0.15) is 11.8 Å². The molecular formula is C27H29N5O2. The van der Waals surface area contributed by atoms with Crippen molar-refractivity contribution in [3.63, 3.8) is 0 Å². The van der Waals surface area contributed by atoms with Crippen LogP contribution >= 0.6 is 0 Å². The fourth-order valence-electron chi connectivity index (χ4n) is 4.80. The van der Waals surface area contributed by atoms with E-state index in [4.69, 9.17) is 0 Å². The lowest BCUT2D eigenvalue weighted by molar-refractivity contribution is -0.115. The molecule has 0 bridgehead atoms. The number of nitriles is 1. The Kier molecular flexibility index (Phi) is 6.25. The summed E-state index contributed by atoms with van der Waals surface area (Å²) in [5.41, 5.74) is 5.45. The van der Waals surface area contributed by atoms with Crippen LogP contribution in [0.5, 0.6) is 0 Å². The first-order valence-electron chi connectivity index (χ1n) is 12.2. The molecule has 2 aliphatic carbocycles. The van der Waals surface area contributed by atoms with Crippen LogP contribution in [-0.2, 0) is 17.8 Å². The molecule has 1 saturated carbocycles. The smallest absolute Gasteiger partial charge is 0.181 e. The lowest BCUT2D eigenvalue weighted by Crippen LogP contribution is -2.46. The van der Waals surface area contributed by atoms with Crippen LogP contribution in [0, 0.1) is 17.2 Å². The van der Waals surface area contributed by atoms with Crippen molar-refractivity contribution < 1.29 is 9.59 Å². The number of pyridine rings is 2. The number of hydrogen-bond donors (Lipinski definition) is 0. The van der Waals surface area contributed by atoms with Crippen molar-refractivity contribution in [2.75, 3.05) is 31.1 Å². The fraction of sp³-hybridized carbons (Fsp3) is 0.444. The predicted octanol–water partition coefficient (Wildman–Crippen LogP) is 3.57. The molecule has 2 fully saturated rings. The molecule has 174 valence electrons. The van der Waals surface area contributed by atoms with E-state index in [0.717, 1.165) is 80.1 Å². The maximum absolute atomic E-state index is 12.4. The van der Waals surface area contributed by atoms with Gasteiger partial charge in [-0.05, 0) is 60.1 Å². The van der Waals surface area contributed by atoms with Crippen molar-refractivity contribution in [2.24, 2.45) is 5.92 Å². The highest BCUT2D eigenvalue weighted by Crippen LogP contribution is 2.33. The van der Waals surface area contributed by atoms with E-state index in [1.165, 1.54) is 0 Å². The second-order valence-corrected chi connectivity index (χ2v) is 9.52. The summed E-state index contributed by atoms with van der Waals surface area (Å²) in [6.45, 7) is 6.05. The first-order valence-corrected chi connectivity index (χ1v) is 12.2. The number of carbonyl (C=O) groups excluding carboxylic acids is 2. The zero-order valence-electron chi connectivity index (χ0n) is 19.6. The quantitative estimate of drug-likeness (QED) is 0.590. The topological polar surface area (TPSA) is 90.2 Å². The number of aromatic nitrogens is 2. The van der Waals surface area contributed by atoms with Gasteiger partial charge in [0.2, 0.25) is 0 Å². The second-order valence-electron chi connectivity index (χ2n) is 9.52. The molecule has 3 aliphatic rings. The van der Waals surface area contributed by atoms with E-state index >= 15 is 0 Å². The van der Waals surface area contributed by atoms with Gasteiger partial charge >= 0.3 is 0 Å². The normalized spacial score (nSPS) is 18.3. The Bertz CT molecular complexity index is 1200. The van der Waals surface area contributed by atoms with Crippen molar-refractivity contribution in [3.05, 3.63) is 58.2 Å². The molecule has 3 heterocycles. The highest BCUT2D eigenvalue weighted by atomic mass is 16.1. The number of ketones is 2. The van der Waals surface area contributed by atoms with Gasteiger partial charge in [-0.2, -0.15) is 5.26 Å². The number of piperazine rings is 1. The average molecular weight is 456 g/mol. The van der Waals surface area contributed by atoms with Crippen LogP contribution < -0.4 is 4.90 Å². The van der Waals surface area contributed by atoms with Crippen LogP contribution in [0.1, 0.15) is 65.6 Å². The van der Waals surface area contributed by atoms with Crippen LogP contribution in [0.4, 0.5) is 5.69 Å². The maximum atomic E-state index is 12.4. The largest absolute Gasteiger partial charge is 0.367 e. The van der Waals surface area contributed by atoms with Gasteiger partial charge in [0.25, 0.3) is 0 Å². The summed E-state index contributed by atoms with van der Waals surface area (Å²) in [5.74, 6) is 0.741. The first-order chi connectivity index (χ1) is 16.5. The third-order valence-electron chi connectivity index (χ3n) is 7.01. The van der Waals surface area contributed by atoms with E-state index in [2.05, 4.69) is 31.9 Å². The van der Waals surface area contributed by atoms with Gasteiger partial charge in [-0.25, -0.2) is 4.98 Å². The van der Waals surface area contributed by atoms with Crippen molar-refractivity contribution in [3.8, 4) is 6.07 Å². The third-order valence-corrected chi connectivity index (χ3v) is 7.01. The molecule has 1 aliphatic heterocycles. The van der Waals surface area contributed by atoms with Gasteiger partial charge in [0.15, 0.2) is 17.3 Å². The summed E-state index contributed by atoms with van der Waals surface area (Å²) < 4.78 is 0. The molecule has 0 radical (unpaired) electrons. The van der Waals surface area contributed by atoms with Crippen molar-refractivity contribution in [1.29, 1.82) is 5.26 Å². The summed E-state index contributed by atoms with van der Waals surface area (Å²) in [6, 6.07) is 7.95. The number of carbonyl (C=O) groups is 2. The summed E-state index contributed by atoms with van der Waals surface area (Å²) in [5, 5.41) is 9.65. The third kappa shape index (κ3) is 4.78. The van der Waals surface area contributed by atoms with Crippen molar-refractivity contribution >= 4 is 23.3 Å². The molecule has 0 unspecified atom stereocenters. The second kappa shape index (κ2) is 9.47. The molecule has 0 amide bonds. The zero-order valence-corrected chi connectivity index (χ0v) is 19.6. The first kappa shape index (κ1) is 22.4. The van der Waals surface area contributed by atoms with Gasteiger partial charge in [-0.15, -0.1) is 0 Å². The SMILES string of the molecule is CCC1=Cc2ncc(CN3CCN(c4ccc(C(=O)CC5CC5)nc4C#N)CC3)cc2CC1=O. The van der Waals surface area contributed by atoms with E-state index in [0.29, 0.717) is 30.1 Å². The minimum Gasteiger partial charge on any atom is -0.367 e. The van der Waals surface area contributed by atoms with Gasteiger partial charge in [-0.3, -0.25) is 19.5 Å². The van der Waals surface area contributed by atoms with E-state index < -0.39 is 0 Å². The number of Topliss-reactive ketones (excluding diaryl/α,β-unsaturated/α-hetero) is 2. The fourth-order valence-corrected chi connectivity index (χ4v) is 4.80. The molecule has 2 aromatic heterocycles. The molecule has 34 heavy (non-hydrogen) atoms. The van der Waals surface area contributed by atoms with Crippen LogP contribution in [0.2, 0.25) is 0 Å². The number of nitrogens with zero attached hydrogens (tertiary/aromatic N) is 5. The molecule has 0 spiro atoms. The van der Waals surface area contributed by atoms with E-state index in [9.17, 15) is 14.9 Å². The Hall–Kier alpha value is -3.37. The number of hydrogen-bond acceptors (Lipinski definition) is 7. The van der Waals surface area contributed by atoms with Crippen LogP contribution in [-0.4, -0.2) is 52.6 Å². The molecule has 1 saturated heterocycles. The minimum atomic E-state index is 0.0390. The number of anilines is 1. The minimum absolute atomic E-state index is 0.0390. The highest BCUT2D eigenvalue weighted by molar-refractivity contribution is 6.03. The van der Waals surface area contributed by atoms with E-state index in [1.54, 1.807) is 6.07 Å². The lowest BCUT2D eigenvalue weighted by atomic mass is 9.92. The average Bonchev–Trinajstić information content (AvgIpc) is 3.67. The molecule has 0 N–H and O–H groups in total. The molecule has 5 rings (SSSR count). The predicted molar refractivity (Wildman–Crippen MR) is 129 cm³/mol. The highest BCUT2D eigenvalue weighted by Gasteiger charge is 2.27. The van der Waals surface area contributed by atoms with Crippen LogP contribution in [0.15, 0.2) is 30.0 Å². The van der Waals surface area contributed by atoms with E-state index in [1.807, 2.05) is 25.3 Å². The molecular weight excluding hydrogens is 426 g/mol. The van der Waals surface area contributed by atoms with Crippen molar-refractivity contribution in [1.82, 2.24) is 14.9 Å². The van der Waals surface area contributed by atoms with Crippen molar-refractivity contribution in [2.45, 2.75) is 45.6 Å². The number of allylic oxidation sites excluding steroid dienone is 1. The Balaban J connectivity index is 1.21. The van der Waals surface area contributed by atoms with Crippen LogP contribution in [0.3, 0.4) is 0 Å². The Morgan fingerprint density at radius 2 is 2.00 bits per heavy atom. The summed E-state index contributed by atoms with van der Waals surface area (Å²) >= 11 is 0. The Labute approximate surface area is 200 Å². The number of rotatable bonds is 7. The van der Waals surface area contributed by atoms with Crippen LogP contribution in [0.25, 0.3) is 6.08 Å². The van der Waals surface area contributed by atoms with Gasteiger partial charge < -0.3 is 4.90 Å². The zero-order chi connectivity index (χ0) is 23.7. The van der Waals surface area contributed by atoms with Gasteiger partial charge in [0.05, 0.1) is 11.4 Å². The summed E-state index contributed by atoms with van der Waals surface area (Å²) in [4.78, 5) is 38.2. The molecule has 0 aromatic carbocycles. The molecule has 7 nitrogen and oxygen atoms in total.